The maximum atomic E-state index is 13.0. The van der Waals surface area contributed by atoms with Gasteiger partial charge in [0.1, 0.15) is 30.5 Å². The van der Waals surface area contributed by atoms with Crippen LogP contribution in [0, 0.1) is 0 Å². The first-order valence-corrected chi connectivity index (χ1v) is 24.5. The van der Waals surface area contributed by atoms with Crippen molar-refractivity contribution in [3.63, 3.8) is 0 Å². The molecule has 1 saturated heterocycles. The lowest BCUT2D eigenvalue weighted by atomic mass is 9.99. The average Bonchev–Trinajstić information content (AvgIpc) is 3.19. The second-order valence-corrected chi connectivity index (χ2v) is 17.5. The number of unbranched alkanes of at least 4 members (excludes halogenated alkanes) is 26. The third-order valence-electron chi connectivity index (χ3n) is 11.2. The van der Waals surface area contributed by atoms with Gasteiger partial charge in [-0.1, -0.05) is 193 Å². The topological polar surface area (TPSA) is 212 Å². The van der Waals surface area contributed by atoms with E-state index in [1.54, 1.807) is 6.08 Å². The van der Waals surface area contributed by atoms with E-state index >= 15 is 0 Å². The minimum Gasteiger partial charge on any atom is -0.394 e. The van der Waals surface area contributed by atoms with Gasteiger partial charge in [0, 0.05) is 0 Å². The molecular formula is C44H85NO12S. The molecule has 1 heterocycles. The van der Waals surface area contributed by atoms with Crippen molar-refractivity contribution >= 4 is 16.3 Å². The summed E-state index contributed by atoms with van der Waals surface area (Å²) in [4.78, 5) is 13.0. The first-order valence-electron chi connectivity index (χ1n) is 23.2. The highest BCUT2D eigenvalue weighted by atomic mass is 32.3. The Morgan fingerprint density at radius 2 is 1.12 bits per heavy atom. The highest BCUT2D eigenvalue weighted by Crippen LogP contribution is 2.26. The molecule has 0 bridgehead atoms. The van der Waals surface area contributed by atoms with Gasteiger partial charge in [-0.15, -0.1) is 0 Å². The molecule has 1 amide bonds. The summed E-state index contributed by atoms with van der Waals surface area (Å²) in [6.07, 6.45) is 26.3. The fourth-order valence-electron chi connectivity index (χ4n) is 7.46. The van der Waals surface area contributed by atoms with Crippen LogP contribution in [0.5, 0.6) is 0 Å². The van der Waals surface area contributed by atoms with Crippen LogP contribution in [0.2, 0.25) is 0 Å². The van der Waals surface area contributed by atoms with Crippen LogP contribution in [0.15, 0.2) is 12.2 Å². The Kier molecular flexibility index (Phi) is 33.5. The zero-order valence-corrected chi connectivity index (χ0v) is 37.1. The van der Waals surface area contributed by atoms with E-state index in [0.29, 0.717) is 12.8 Å². The number of nitrogens with one attached hydrogen (secondary N) is 1. The monoisotopic (exact) mass is 852 g/mol. The van der Waals surface area contributed by atoms with E-state index in [-0.39, 0.29) is 6.42 Å². The number of hydrogen-bond donors (Lipinski definition) is 7. The van der Waals surface area contributed by atoms with Crippen molar-refractivity contribution < 1.29 is 57.0 Å². The molecule has 8 unspecified atom stereocenters. The van der Waals surface area contributed by atoms with Gasteiger partial charge in [-0.05, 0) is 19.3 Å². The number of carbonyl (C=O) groups is 1. The predicted molar refractivity (Wildman–Crippen MR) is 228 cm³/mol. The second-order valence-electron chi connectivity index (χ2n) is 16.5. The van der Waals surface area contributed by atoms with Crippen molar-refractivity contribution in [2.24, 2.45) is 0 Å². The number of aliphatic hydroxyl groups excluding tert-OH is 5. The molecule has 0 saturated carbocycles. The molecule has 1 aliphatic rings. The molecule has 1 rings (SSSR count). The van der Waals surface area contributed by atoms with Crippen LogP contribution in [0.1, 0.15) is 200 Å². The predicted octanol–water partition coefficient (Wildman–Crippen LogP) is 7.75. The third-order valence-corrected chi connectivity index (χ3v) is 11.6. The van der Waals surface area contributed by atoms with E-state index in [1.807, 2.05) is 0 Å². The summed E-state index contributed by atoms with van der Waals surface area (Å²) in [7, 11) is -5.11. The smallest absolute Gasteiger partial charge is 0.394 e. The molecule has 0 spiro atoms. The molecule has 1 fully saturated rings. The Labute approximate surface area is 352 Å². The SMILES string of the molecule is CCCCCCC/C=C/C(O)C(COC1OC(CO)C(O)C(OS(=O)(=O)O)C1O)NC(=O)C(O)CCCCCCCCCCCCCCCCCCCCCCCC. The van der Waals surface area contributed by atoms with Crippen LogP contribution in [0.25, 0.3) is 0 Å². The normalized spacial score (nSPS) is 21.7. The van der Waals surface area contributed by atoms with E-state index in [9.17, 15) is 38.7 Å². The standard InChI is InChI=1S/C44H85NO12S/c1-3-5-7-9-11-12-13-14-15-16-17-18-19-20-21-22-23-24-25-27-29-31-33-38(48)43(51)45-36(37(47)32-30-28-26-10-8-6-4-2)35-55-44-41(50)42(57-58(52,53)54)40(49)39(34-46)56-44/h30,32,36-42,44,46-50H,3-29,31,33-35H2,1-2H3,(H,45,51)(H,52,53,54)/b32-30+. The molecule has 344 valence electrons. The van der Waals surface area contributed by atoms with Crippen molar-refractivity contribution in [3.05, 3.63) is 12.2 Å². The van der Waals surface area contributed by atoms with Gasteiger partial charge in [-0.3, -0.25) is 9.35 Å². The summed E-state index contributed by atoms with van der Waals surface area (Å²) >= 11 is 0. The quantitative estimate of drug-likeness (QED) is 0.0180. The lowest BCUT2D eigenvalue weighted by Gasteiger charge is -2.41. The number of amides is 1. The van der Waals surface area contributed by atoms with Gasteiger partial charge in [0.15, 0.2) is 6.29 Å². The molecule has 0 radical (unpaired) electrons. The lowest BCUT2D eigenvalue weighted by molar-refractivity contribution is -0.298. The first-order chi connectivity index (χ1) is 27.9. The fourth-order valence-corrected chi connectivity index (χ4v) is 7.97. The van der Waals surface area contributed by atoms with Gasteiger partial charge < -0.3 is 40.3 Å². The summed E-state index contributed by atoms with van der Waals surface area (Å²) in [5.74, 6) is -0.703. The minimum atomic E-state index is -5.11. The molecule has 13 nitrogen and oxygen atoms in total. The van der Waals surface area contributed by atoms with Gasteiger partial charge in [0.2, 0.25) is 5.91 Å². The molecule has 0 aromatic rings. The molecule has 7 N–H and O–H groups in total. The number of aliphatic hydroxyl groups is 5. The number of hydrogen-bond acceptors (Lipinski definition) is 11. The van der Waals surface area contributed by atoms with Crippen molar-refractivity contribution in [2.45, 2.75) is 249 Å². The molecule has 8 atom stereocenters. The largest absolute Gasteiger partial charge is 0.397 e. The van der Waals surface area contributed by atoms with Gasteiger partial charge in [-0.25, -0.2) is 4.18 Å². The van der Waals surface area contributed by atoms with Gasteiger partial charge in [-0.2, -0.15) is 8.42 Å². The van der Waals surface area contributed by atoms with E-state index in [4.69, 9.17) is 14.0 Å². The zero-order chi connectivity index (χ0) is 42.9. The zero-order valence-electron chi connectivity index (χ0n) is 36.2. The highest BCUT2D eigenvalue weighted by molar-refractivity contribution is 7.80. The van der Waals surface area contributed by atoms with Crippen LogP contribution >= 0.6 is 0 Å². The Bertz CT molecular complexity index is 1110. The summed E-state index contributed by atoms with van der Waals surface area (Å²) in [6.45, 7) is 3.15. The summed E-state index contributed by atoms with van der Waals surface area (Å²) in [6, 6.07) is -1.11. The van der Waals surface area contributed by atoms with E-state index in [2.05, 4.69) is 23.3 Å². The maximum absolute atomic E-state index is 13.0. The first kappa shape index (κ1) is 54.8. The molecule has 1 aliphatic heterocycles. The number of carbonyl (C=O) groups excluding carboxylic acids is 1. The van der Waals surface area contributed by atoms with Crippen LogP contribution in [0.3, 0.4) is 0 Å². The van der Waals surface area contributed by atoms with Gasteiger partial charge in [0.25, 0.3) is 0 Å². The van der Waals surface area contributed by atoms with E-state index < -0.39 is 78.5 Å². The van der Waals surface area contributed by atoms with Crippen LogP contribution in [0.4, 0.5) is 0 Å². The Balaban J connectivity index is 2.39. The number of rotatable bonds is 39. The fraction of sp³-hybridized carbons (Fsp3) is 0.932. The van der Waals surface area contributed by atoms with Gasteiger partial charge >= 0.3 is 10.4 Å². The van der Waals surface area contributed by atoms with E-state index in [1.165, 1.54) is 122 Å². The van der Waals surface area contributed by atoms with Crippen LogP contribution in [-0.2, 0) is 28.9 Å². The summed E-state index contributed by atoms with van der Waals surface area (Å²) in [5, 5.41) is 54.9. The Morgan fingerprint density at radius 1 is 0.690 bits per heavy atom. The van der Waals surface area contributed by atoms with Crippen LogP contribution in [-0.4, -0.2) is 107 Å². The third kappa shape index (κ3) is 27.6. The lowest BCUT2D eigenvalue weighted by Crippen LogP contribution is -2.61. The summed E-state index contributed by atoms with van der Waals surface area (Å²) in [5.41, 5.74) is 0. The highest BCUT2D eigenvalue weighted by Gasteiger charge is 2.48. The molecule has 58 heavy (non-hydrogen) atoms. The maximum Gasteiger partial charge on any atom is 0.397 e. The van der Waals surface area contributed by atoms with Crippen molar-refractivity contribution in [1.82, 2.24) is 5.32 Å². The van der Waals surface area contributed by atoms with Crippen LogP contribution < -0.4 is 5.32 Å². The van der Waals surface area contributed by atoms with Gasteiger partial charge in [0.05, 0.1) is 25.4 Å². The van der Waals surface area contributed by atoms with E-state index in [0.717, 1.165) is 51.4 Å². The molecule has 0 aromatic carbocycles. The van der Waals surface area contributed by atoms with Crippen molar-refractivity contribution in [2.75, 3.05) is 13.2 Å². The second kappa shape index (κ2) is 35.4. The average molecular weight is 852 g/mol. The molecule has 0 aliphatic carbocycles. The Morgan fingerprint density at radius 3 is 1.55 bits per heavy atom. The molecule has 0 aromatic heterocycles. The Hall–Kier alpha value is -1.20. The summed E-state index contributed by atoms with van der Waals surface area (Å²) < 4.78 is 47.3. The molecular weight excluding hydrogens is 767 g/mol. The molecule has 14 heteroatoms. The van der Waals surface area contributed by atoms with Crippen molar-refractivity contribution in [3.8, 4) is 0 Å². The van der Waals surface area contributed by atoms with Crippen molar-refractivity contribution in [1.29, 1.82) is 0 Å². The number of ether oxygens (including phenoxy) is 2. The number of allylic oxidation sites excluding steroid dienone is 1. The minimum absolute atomic E-state index is 0.247.